The lowest BCUT2D eigenvalue weighted by atomic mass is 10.1. The number of fused-ring (bicyclic) bond motifs is 1. The zero-order valence-electron chi connectivity index (χ0n) is 9.02. The Labute approximate surface area is 121 Å². The van der Waals surface area contributed by atoms with Gasteiger partial charge in [-0.1, -0.05) is 18.2 Å². The molecule has 0 fully saturated rings. The number of thiol groups is 1. The number of hydrogen-bond acceptors (Lipinski definition) is 3. The molecule has 0 saturated heterocycles. The first-order valence-corrected chi connectivity index (χ1v) is 7.21. The minimum absolute atomic E-state index is 0.254. The molecular weight excluding hydrogens is 333 g/mol. The molecule has 1 heterocycles. The first-order chi connectivity index (χ1) is 8.68. The van der Waals surface area contributed by atoms with Gasteiger partial charge in [0.2, 0.25) is 0 Å². The van der Waals surface area contributed by atoms with Gasteiger partial charge in [0.25, 0.3) is 0 Å². The van der Waals surface area contributed by atoms with Gasteiger partial charge in [-0.05, 0) is 45.7 Å². The van der Waals surface area contributed by atoms with E-state index in [9.17, 15) is 4.39 Å². The van der Waals surface area contributed by atoms with Crippen molar-refractivity contribution in [3.05, 3.63) is 46.7 Å². The van der Waals surface area contributed by atoms with Gasteiger partial charge in [0.05, 0.1) is 14.9 Å². The predicted octanol–water partition coefficient (Wildman–Crippen LogP) is 5.15. The fourth-order valence-corrected chi connectivity index (χ4v) is 3.47. The smallest absolute Gasteiger partial charge is 0.132 e. The van der Waals surface area contributed by atoms with Gasteiger partial charge in [0, 0.05) is 15.8 Å². The maximum Gasteiger partial charge on any atom is 0.132 e. The molecule has 0 N–H and O–H groups in total. The van der Waals surface area contributed by atoms with E-state index in [1.807, 2.05) is 18.2 Å². The lowest BCUT2D eigenvalue weighted by Crippen LogP contribution is -1.83. The normalized spacial score (nSPS) is 11.1. The van der Waals surface area contributed by atoms with Crippen LogP contribution in [0.15, 0.2) is 45.8 Å². The summed E-state index contributed by atoms with van der Waals surface area (Å²) in [5.74, 6) is -0.254. The van der Waals surface area contributed by atoms with Gasteiger partial charge in [-0.25, -0.2) is 4.39 Å². The number of hydrogen-bond donors (Lipinski definition) is 1. The van der Waals surface area contributed by atoms with Gasteiger partial charge in [-0.15, -0.1) is 12.6 Å². The molecule has 1 aromatic heterocycles. The van der Waals surface area contributed by atoms with Crippen LogP contribution in [0.2, 0.25) is 0 Å². The summed E-state index contributed by atoms with van der Waals surface area (Å²) < 4.78 is 20.1. The number of rotatable bonds is 1. The molecule has 18 heavy (non-hydrogen) atoms. The van der Waals surface area contributed by atoms with E-state index in [1.165, 1.54) is 17.6 Å². The maximum absolute atomic E-state index is 13.8. The molecule has 3 aromatic rings. The van der Waals surface area contributed by atoms with Crippen LogP contribution < -0.4 is 0 Å². The predicted molar refractivity (Wildman–Crippen MR) is 80.0 cm³/mol. The lowest BCUT2D eigenvalue weighted by molar-refractivity contribution is 0.631. The van der Waals surface area contributed by atoms with E-state index in [2.05, 4.69) is 32.9 Å². The number of halogens is 2. The van der Waals surface area contributed by atoms with Crippen LogP contribution >= 0.6 is 40.1 Å². The average molecular weight is 340 g/mol. The van der Waals surface area contributed by atoms with Crippen molar-refractivity contribution in [1.82, 2.24) is 4.37 Å². The zero-order chi connectivity index (χ0) is 12.7. The number of nitrogens with zero attached hydrogens (tertiary/aromatic N) is 1. The van der Waals surface area contributed by atoms with Crippen LogP contribution in [0.1, 0.15) is 0 Å². The topological polar surface area (TPSA) is 12.9 Å². The molecule has 2 aromatic carbocycles. The lowest BCUT2D eigenvalue weighted by Gasteiger charge is -2.01. The Balaban J connectivity index is 2.32. The van der Waals surface area contributed by atoms with Crippen molar-refractivity contribution in [3.8, 4) is 11.3 Å². The summed E-state index contributed by atoms with van der Waals surface area (Å²) in [6.45, 7) is 0. The third-order valence-electron chi connectivity index (χ3n) is 2.69. The Morgan fingerprint density at radius 3 is 2.72 bits per heavy atom. The van der Waals surface area contributed by atoms with E-state index in [4.69, 9.17) is 0 Å². The Hall–Kier alpha value is -0.910. The molecule has 1 nitrogen and oxygen atoms in total. The summed E-state index contributed by atoms with van der Waals surface area (Å²) in [5.41, 5.74) is 1.21. The SMILES string of the molecule is Fc1ccccc1-c1nsc2c(Br)c(S)ccc12. The van der Waals surface area contributed by atoms with Crippen LogP contribution in [-0.2, 0) is 0 Å². The van der Waals surface area contributed by atoms with Crippen molar-refractivity contribution in [2.45, 2.75) is 4.90 Å². The van der Waals surface area contributed by atoms with Crippen molar-refractivity contribution in [2.24, 2.45) is 0 Å². The van der Waals surface area contributed by atoms with Gasteiger partial charge >= 0.3 is 0 Å². The molecule has 90 valence electrons. The Kier molecular flexibility index (Phi) is 3.13. The van der Waals surface area contributed by atoms with Crippen LogP contribution in [0, 0.1) is 5.82 Å². The molecule has 0 aliphatic rings. The highest BCUT2D eigenvalue weighted by molar-refractivity contribution is 9.10. The third-order valence-corrected chi connectivity index (χ3v) is 5.33. The molecule has 0 spiro atoms. The second-order valence-corrected chi connectivity index (χ2v) is 5.83. The first kappa shape index (κ1) is 12.1. The monoisotopic (exact) mass is 339 g/mol. The van der Waals surface area contributed by atoms with Gasteiger partial charge < -0.3 is 0 Å². The largest absolute Gasteiger partial charge is 0.206 e. The molecule has 0 saturated carbocycles. The number of aromatic nitrogens is 1. The Bertz CT molecular complexity index is 739. The minimum atomic E-state index is -0.254. The fourth-order valence-electron chi connectivity index (χ4n) is 1.81. The van der Waals surface area contributed by atoms with E-state index in [0.29, 0.717) is 11.3 Å². The summed E-state index contributed by atoms with van der Waals surface area (Å²) in [5, 5.41) is 0.940. The highest BCUT2D eigenvalue weighted by Gasteiger charge is 2.14. The fraction of sp³-hybridized carbons (Fsp3) is 0. The Morgan fingerprint density at radius 1 is 1.17 bits per heavy atom. The van der Waals surface area contributed by atoms with Crippen molar-refractivity contribution >= 4 is 50.2 Å². The van der Waals surface area contributed by atoms with Crippen molar-refractivity contribution in [2.75, 3.05) is 0 Å². The minimum Gasteiger partial charge on any atom is -0.206 e. The first-order valence-electron chi connectivity index (χ1n) is 5.20. The molecule has 5 heteroatoms. The van der Waals surface area contributed by atoms with Gasteiger partial charge in [-0.3, -0.25) is 0 Å². The maximum atomic E-state index is 13.8. The molecular formula is C13H7BrFNS2. The van der Waals surface area contributed by atoms with Crippen LogP contribution in [0.3, 0.4) is 0 Å². The van der Waals surface area contributed by atoms with Crippen LogP contribution in [0.4, 0.5) is 4.39 Å². The second kappa shape index (κ2) is 4.64. The zero-order valence-corrected chi connectivity index (χ0v) is 12.3. The molecule has 0 aliphatic carbocycles. The van der Waals surface area contributed by atoms with Crippen LogP contribution in [0.25, 0.3) is 21.3 Å². The summed E-state index contributed by atoms with van der Waals surface area (Å²) >= 11 is 9.18. The summed E-state index contributed by atoms with van der Waals surface area (Å²) in [6.07, 6.45) is 0. The number of benzene rings is 2. The van der Waals surface area contributed by atoms with Crippen LogP contribution in [0.5, 0.6) is 0 Å². The standard InChI is InChI=1S/C13H7BrFNS2/c14-11-10(17)6-5-8-12(16-18-13(8)11)7-3-1-2-4-9(7)15/h1-6,17H. The summed E-state index contributed by atoms with van der Waals surface area (Å²) in [4.78, 5) is 0.853. The van der Waals surface area contributed by atoms with E-state index < -0.39 is 0 Å². The summed E-state index contributed by atoms with van der Waals surface area (Å²) in [6, 6.07) is 10.5. The van der Waals surface area contributed by atoms with Gasteiger partial charge in [0.1, 0.15) is 5.82 Å². The van der Waals surface area contributed by atoms with Crippen molar-refractivity contribution < 1.29 is 4.39 Å². The van der Waals surface area contributed by atoms with Gasteiger partial charge in [0.15, 0.2) is 0 Å². The van der Waals surface area contributed by atoms with Gasteiger partial charge in [-0.2, -0.15) is 4.37 Å². The van der Waals surface area contributed by atoms with Crippen molar-refractivity contribution in [1.29, 1.82) is 0 Å². The summed E-state index contributed by atoms with van der Waals surface area (Å²) in [7, 11) is 0. The van der Waals surface area contributed by atoms with E-state index in [0.717, 1.165) is 19.5 Å². The second-order valence-electron chi connectivity index (χ2n) is 3.79. The van der Waals surface area contributed by atoms with E-state index in [1.54, 1.807) is 12.1 Å². The molecule has 0 amide bonds. The molecule has 3 rings (SSSR count). The molecule has 0 unspecified atom stereocenters. The van der Waals surface area contributed by atoms with E-state index in [-0.39, 0.29) is 5.82 Å². The third kappa shape index (κ3) is 1.86. The molecule has 0 aliphatic heterocycles. The molecule has 0 atom stereocenters. The highest BCUT2D eigenvalue weighted by atomic mass is 79.9. The average Bonchev–Trinajstić information content (AvgIpc) is 2.79. The molecule has 0 radical (unpaired) electrons. The quantitative estimate of drug-likeness (QED) is 0.604. The van der Waals surface area contributed by atoms with E-state index >= 15 is 0 Å². The highest BCUT2D eigenvalue weighted by Crippen LogP contribution is 2.38. The van der Waals surface area contributed by atoms with Crippen molar-refractivity contribution in [3.63, 3.8) is 0 Å². The molecule has 0 bridgehead atoms. The Morgan fingerprint density at radius 2 is 1.94 bits per heavy atom. The van der Waals surface area contributed by atoms with Crippen LogP contribution in [-0.4, -0.2) is 4.37 Å².